The number of hydrogen-bond acceptors (Lipinski definition) is 3. The van der Waals surface area contributed by atoms with Crippen molar-refractivity contribution < 1.29 is 18.3 Å². The van der Waals surface area contributed by atoms with Crippen molar-refractivity contribution in [2.45, 2.75) is 18.7 Å². The van der Waals surface area contributed by atoms with Crippen molar-refractivity contribution in [3.8, 4) is 0 Å². The number of rotatable bonds is 3. The first-order valence-corrected chi connectivity index (χ1v) is 4.36. The molecule has 1 aromatic rings. The molecule has 1 heterocycles. The van der Waals surface area contributed by atoms with E-state index in [0.29, 0.717) is 12.0 Å². The van der Waals surface area contributed by atoms with Crippen molar-refractivity contribution in [1.82, 2.24) is 4.98 Å². The summed E-state index contributed by atoms with van der Waals surface area (Å²) in [5.74, 6) is 0. The average Bonchev–Trinajstić information content (AvgIpc) is 2.17. The van der Waals surface area contributed by atoms with Gasteiger partial charge in [-0.25, -0.2) is 0 Å². The summed E-state index contributed by atoms with van der Waals surface area (Å²) in [6.45, 7) is 0.266. The Labute approximate surface area is 84.7 Å². The summed E-state index contributed by atoms with van der Waals surface area (Å²) < 4.78 is 36.4. The van der Waals surface area contributed by atoms with Crippen LogP contribution in [0.1, 0.15) is 23.8 Å². The fourth-order valence-corrected chi connectivity index (χ4v) is 1.09. The zero-order chi connectivity index (χ0) is 11.5. The number of nitrogens with two attached hydrogens (primary N) is 1. The number of aromatic nitrogens is 1. The lowest BCUT2D eigenvalue weighted by Crippen LogP contribution is -2.10. The molecule has 0 bridgehead atoms. The van der Waals surface area contributed by atoms with E-state index in [2.05, 4.69) is 4.98 Å². The molecule has 3 N–H and O–H groups in total. The highest BCUT2D eigenvalue weighted by atomic mass is 19.4. The van der Waals surface area contributed by atoms with Gasteiger partial charge in [0.15, 0.2) is 0 Å². The van der Waals surface area contributed by atoms with Gasteiger partial charge in [0.2, 0.25) is 0 Å². The van der Waals surface area contributed by atoms with Gasteiger partial charge in [-0.1, -0.05) is 6.07 Å². The molecular formula is C9H11F3N2O. The van der Waals surface area contributed by atoms with Crippen LogP contribution in [0.5, 0.6) is 0 Å². The van der Waals surface area contributed by atoms with Crippen molar-refractivity contribution in [2.24, 2.45) is 5.73 Å². The zero-order valence-corrected chi connectivity index (χ0v) is 7.83. The molecule has 1 rings (SSSR count). The van der Waals surface area contributed by atoms with Crippen LogP contribution in [0.3, 0.4) is 0 Å². The molecule has 0 spiro atoms. The summed E-state index contributed by atoms with van der Waals surface area (Å²) in [6, 6.07) is 2.05. The van der Waals surface area contributed by atoms with Crippen LogP contribution in [0.2, 0.25) is 0 Å². The quantitative estimate of drug-likeness (QED) is 0.811. The Kier molecular flexibility index (Phi) is 3.65. The van der Waals surface area contributed by atoms with Gasteiger partial charge in [0.05, 0.1) is 6.10 Å². The summed E-state index contributed by atoms with van der Waals surface area (Å²) in [6.07, 6.45) is -3.99. The highest BCUT2D eigenvalue weighted by Crippen LogP contribution is 2.28. The third-order valence-corrected chi connectivity index (χ3v) is 1.90. The van der Waals surface area contributed by atoms with E-state index in [0.717, 1.165) is 12.3 Å². The number of halogens is 3. The van der Waals surface area contributed by atoms with E-state index in [4.69, 9.17) is 5.73 Å². The molecule has 0 radical (unpaired) electrons. The molecule has 84 valence electrons. The van der Waals surface area contributed by atoms with E-state index < -0.39 is 18.0 Å². The normalized spacial score (nSPS) is 13.9. The number of alkyl halides is 3. The molecule has 0 saturated heterocycles. The molecule has 1 unspecified atom stereocenters. The van der Waals surface area contributed by atoms with Crippen molar-refractivity contribution in [2.75, 3.05) is 6.54 Å². The molecule has 0 aliphatic rings. The Bertz CT molecular complexity index is 310. The van der Waals surface area contributed by atoms with Crippen LogP contribution < -0.4 is 5.73 Å². The van der Waals surface area contributed by atoms with Crippen LogP contribution in [-0.4, -0.2) is 16.6 Å². The maximum atomic E-state index is 12.1. The molecule has 1 atom stereocenters. The van der Waals surface area contributed by atoms with E-state index in [-0.39, 0.29) is 6.54 Å². The Morgan fingerprint density at radius 2 is 2.07 bits per heavy atom. The monoisotopic (exact) mass is 220 g/mol. The first-order valence-electron chi connectivity index (χ1n) is 4.36. The van der Waals surface area contributed by atoms with Crippen LogP contribution in [0.25, 0.3) is 0 Å². The lowest BCUT2D eigenvalue weighted by Gasteiger charge is -2.10. The zero-order valence-electron chi connectivity index (χ0n) is 7.83. The lowest BCUT2D eigenvalue weighted by molar-refractivity contribution is -0.141. The van der Waals surface area contributed by atoms with Gasteiger partial charge >= 0.3 is 6.18 Å². The second kappa shape index (κ2) is 4.59. The first-order chi connectivity index (χ1) is 6.95. The predicted molar refractivity (Wildman–Crippen MR) is 47.9 cm³/mol. The summed E-state index contributed by atoms with van der Waals surface area (Å²) in [5.41, 5.74) is 4.58. The van der Waals surface area contributed by atoms with Crippen molar-refractivity contribution in [1.29, 1.82) is 0 Å². The molecule has 1 aromatic heterocycles. The number of pyridine rings is 1. The fraction of sp³-hybridized carbons (Fsp3) is 0.444. The first kappa shape index (κ1) is 11.9. The van der Waals surface area contributed by atoms with Crippen molar-refractivity contribution >= 4 is 0 Å². The molecule has 0 aliphatic heterocycles. The second-order valence-electron chi connectivity index (χ2n) is 3.07. The minimum atomic E-state index is -4.45. The largest absolute Gasteiger partial charge is 0.433 e. The number of hydrogen-bond donors (Lipinski definition) is 2. The summed E-state index contributed by atoms with van der Waals surface area (Å²) in [7, 11) is 0. The molecule has 3 nitrogen and oxygen atoms in total. The van der Waals surface area contributed by atoms with Crippen LogP contribution >= 0.6 is 0 Å². The topological polar surface area (TPSA) is 59.1 Å². The summed E-state index contributed by atoms with van der Waals surface area (Å²) >= 11 is 0. The number of aliphatic hydroxyl groups is 1. The van der Waals surface area contributed by atoms with Gasteiger partial charge in [-0.05, 0) is 24.6 Å². The number of nitrogens with zero attached hydrogens (tertiary/aromatic N) is 1. The Balaban J connectivity index is 2.81. The Morgan fingerprint density at radius 1 is 1.40 bits per heavy atom. The van der Waals surface area contributed by atoms with E-state index in [9.17, 15) is 18.3 Å². The van der Waals surface area contributed by atoms with Gasteiger partial charge < -0.3 is 10.8 Å². The van der Waals surface area contributed by atoms with E-state index in [1.807, 2.05) is 0 Å². The average molecular weight is 220 g/mol. The van der Waals surface area contributed by atoms with Gasteiger partial charge in [0, 0.05) is 6.20 Å². The molecule has 0 aromatic carbocycles. The van der Waals surface area contributed by atoms with Gasteiger partial charge in [0.1, 0.15) is 5.69 Å². The molecule has 0 aliphatic carbocycles. The Morgan fingerprint density at radius 3 is 2.47 bits per heavy atom. The molecule has 0 saturated carbocycles. The summed E-state index contributed by atoms with van der Waals surface area (Å²) in [5, 5.41) is 9.41. The second-order valence-corrected chi connectivity index (χ2v) is 3.07. The molecule has 0 amide bonds. The van der Waals surface area contributed by atoms with Gasteiger partial charge in [-0.3, -0.25) is 4.98 Å². The highest BCUT2D eigenvalue weighted by Gasteiger charge is 2.32. The van der Waals surface area contributed by atoms with Crippen LogP contribution in [0, 0.1) is 0 Å². The molecular weight excluding hydrogens is 209 g/mol. The van der Waals surface area contributed by atoms with Crippen molar-refractivity contribution in [3.63, 3.8) is 0 Å². The molecule has 6 heteroatoms. The van der Waals surface area contributed by atoms with Gasteiger partial charge in [0.25, 0.3) is 0 Å². The van der Waals surface area contributed by atoms with E-state index in [1.165, 1.54) is 6.07 Å². The predicted octanol–water partition coefficient (Wildman–Crippen LogP) is 1.48. The van der Waals surface area contributed by atoms with Crippen LogP contribution in [-0.2, 0) is 6.18 Å². The van der Waals surface area contributed by atoms with Gasteiger partial charge in [-0.2, -0.15) is 13.2 Å². The van der Waals surface area contributed by atoms with Crippen LogP contribution in [0.4, 0.5) is 13.2 Å². The minimum absolute atomic E-state index is 0.266. The third-order valence-electron chi connectivity index (χ3n) is 1.90. The third kappa shape index (κ3) is 3.17. The SMILES string of the molecule is NCCC(O)c1ccc(C(F)(F)F)nc1. The minimum Gasteiger partial charge on any atom is -0.388 e. The smallest absolute Gasteiger partial charge is 0.388 e. The van der Waals surface area contributed by atoms with Crippen LogP contribution in [0.15, 0.2) is 18.3 Å². The maximum absolute atomic E-state index is 12.1. The van der Waals surface area contributed by atoms with E-state index in [1.54, 1.807) is 0 Å². The lowest BCUT2D eigenvalue weighted by atomic mass is 10.1. The molecule has 0 fully saturated rings. The Hall–Kier alpha value is -1.14. The summed E-state index contributed by atoms with van der Waals surface area (Å²) in [4.78, 5) is 3.23. The van der Waals surface area contributed by atoms with E-state index >= 15 is 0 Å². The van der Waals surface area contributed by atoms with Gasteiger partial charge in [-0.15, -0.1) is 0 Å². The highest BCUT2D eigenvalue weighted by molar-refractivity contribution is 5.17. The maximum Gasteiger partial charge on any atom is 0.433 e. The number of aliphatic hydroxyl groups excluding tert-OH is 1. The van der Waals surface area contributed by atoms with Crippen molar-refractivity contribution in [3.05, 3.63) is 29.6 Å². The fourth-order valence-electron chi connectivity index (χ4n) is 1.09. The standard InChI is InChI=1S/C9H11F3N2O/c10-9(11,12)8-2-1-6(5-14-8)7(15)3-4-13/h1-2,5,7,15H,3-4,13H2. The molecule has 15 heavy (non-hydrogen) atoms.